The van der Waals surface area contributed by atoms with E-state index in [1.165, 1.54) is 5.56 Å². The zero-order chi connectivity index (χ0) is 18.0. The first kappa shape index (κ1) is 16.8. The minimum atomic E-state index is -1.17. The molecule has 0 bridgehead atoms. The van der Waals surface area contributed by atoms with Crippen LogP contribution in [0.2, 0.25) is 0 Å². The molecule has 2 aromatic carbocycles. The molecule has 0 radical (unpaired) electrons. The van der Waals surface area contributed by atoms with Gasteiger partial charge in [-0.25, -0.2) is 0 Å². The van der Waals surface area contributed by atoms with Crippen molar-refractivity contribution in [3.05, 3.63) is 60.2 Å². The van der Waals surface area contributed by atoms with Crippen molar-refractivity contribution < 1.29 is 14.7 Å². The molecule has 1 amide bonds. The Balaban J connectivity index is 1.33. The normalized spacial score (nSPS) is 20.7. The van der Waals surface area contributed by atoms with Gasteiger partial charge >= 0.3 is 0 Å². The topological polar surface area (TPSA) is 70.9 Å². The van der Waals surface area contributed by atoms with Crippen molar-refractivity contribution in [1.29, 1.82) is 0 Å². The number of carbonyl (C=O) groups excluding carboxylic acids is 1. The summed E-state index contributed by atoms with van der Waals surface area (Å²) in [6.45, 7) is 0.357. The summed E-state index contributed by atoms with van der Waals surface area (Å²) in [5.74, 6) is -0.298. The molecular weight excluding hydrogens is 328 g/mol. The molecular formula is C21H22N2O3. The third-order valence-corrected chi connectivity index (χ3v) is 5.15. The van der Waals surface area contributed by atoms with Crippen molar-refractivity contribution in [2.75, 3.05) is 6.54 Å². The van der Waals surface area contributed by atoms with Crippen molar-refractivity contribution >= 4 is 11.6 Å². The molecule has 0 aromatic heterocycles. The van der Waals surface area contributed by atoms with E-state index in [0.29, 0.717) is 25.8 Å². The van der Waals surface area contributed by atoms with E-state index in [0.717, 1.165) is 23.3 Å². The highest BCUT2D eigenvalue weighted by atomic mass is 16.6. The van der Waals surface area contributed by atoms with Gasteiger partial charge in [-0.05, 0) is 36.0 Å². The first-order valence-corrected chi connectivity index (χ1v) is 9.03. The monoisotopic (exact) mass is 350 g/mol. The molecule has 1 aliphatic heterocycles. The molecule has 2 aromatic rings. The number of oxime groups is 1. The minimum absolute atomic E-state index is 0.188. The van der Waals surface area contributed by atoms with Crippen molar-refractivity contribution in [3.8, 4) is 11.1 Å². The number of hydrogen-bond donors (Lipinski definition) is 2. The number of carbonyl (C=O) groups is 1. The van der Waals surface area contributed by atoms with Crippen LogP contribution in [0, 0.1) is 0 Å². The van der Waals surface area contributed by atoms with Crippen LogP contribution < -0.4 is 5.32 Å². The highest BCUT2D eigenvalue weighted by Crippen LogP contribution is 2.31. The van der Waals surface area contributed by atoms with Gasteiger partial charge < -0.3 is 15.3 Å². The Labute approximate surface area is 152 Å². The number of amides is 1. The second-order valence-corrected chi connectivity index (χ2v) is 7.01. The van der Waals surface area contributed by atoms with Crippen molar-refractivity contribution in [2.24, 2.45) is 5.16 Å². The van der Waals surface area contributed by atoms with Crippen LogP contribution in [-0.4, -0.2) is 35.0 Å². The largest absolute Gasteiger partial charge is 0.390 e. The summed E-state index contributed by atoms with van der Waals surface area (Å²) in [5, 5.41) is 17.0. The average Bonchev–Trinajstić information content (AvgIpc) is 3.14. The van der Waals surface area contributed by atoms with Gasteiger partial charge in [0.2, 0.25) is 0 Å². The van der Waals surface area contributed by atoms with Gasteiger partial charge in [0.25, 0.3) is 5.91 Å². The summed E-state index contributed by atoms with van der Waals surface area (Å²) in [6, 6.07) is 18.5. The van der Waals surface area contributed by atoms with Gasteiger partial charge in [-0.1, -0.05) is 59.8 Å². The van der Waals surface area contributed by atoms with E-state index in [1.807, 2.05) is 30.3 Å². The van der Waals surface area contributed by atoms with Crippen LogP contribution in [0.1, 0.15) is 31.2 Å². The van der Waals surface area contributed by atoms with E-state index in [4.69, 9.17) is 4.84 Å². The van der Waals surface area contributed by atoms with Crippen LogP contribution in [0.3, 0.4) is 0 Å². The van der Waals surface area contributed by atoms with Gasteiger partial charge in [0, 0.05) is 6.42 Å². The molecule has 1 saturated carbocycles. The van der Waals surface area contributed by atoms with Gasteiger partial charge in [-0.3, -0.25) is 4.79 Å². The fourth-order valence-electron chi connectivity index (χ4n) is 3.30. The third-order valence-electron chi connectivity index (χ3n) is 5.15. The predicted molar refractivity (Wildman–Crippen MR) is 99.7 cm³/mol. The minimum Gasteiger partial charge on any atom is -0.390 e. The Morgan fingerprint density at radius 2 is 1.73 bits per heavy atom. The molecule has 2 N–H and O–H groups in total. The number of aliphatic hydroxyl groups is 1. The van der Waals surface area contributed by atoms with Crippen LogP contribution in [0.25, 0.3) is 11.1 Å². The van der Waals surface area contributed by atoms with E-state index in [2.05, 4.69) is 34.7 Å². The highest BCUT2D eigenvalue weighted by molar-refractivity contribution is 6.01. The Hall–Kier alpha value is -2.66. The first-order chi connectivity index (χ1) is 12.6. The van der Waals surface area contributed by atoms with Gasteiger partial charge in [-0.15, -0.1) is 0 Å². The van der Waals surface area contributed by atoms with Crippen LogP contribution in [0.4, 0.5) is 0 Å². The number of rotatable bonds is 5. The maximum absolute atomic E-state index is 12.0. The molecule has 2 aliphatic rings. The molecule has 0 spiro atoms. The molecule has 5 nitrogen and oxygen atoms in total. The quantitative estimate of drug-likeness (QED) is 0.871. The summed E-state index contributed by atoms with van der Waals surface area (Å²) in [7, 11) is 0. The van der Waals surface area contributed by atoms with Gasteiger partial charge in [-0.2, -0.15) is 0 Å². The molecule has 0 unspecified atom stereocenters. The number of nitrogens with one attached hydrogen (secondary N) is 1. The smallest absolute Gasteiger partial charge is 0.252 e. The van der Waals surface area contributed by atoms with E-state index < -0.39 is 5.60 Å². The summed E-state index contributed by atoms with van der Waals surface area (Å²) in [5.41, 5.74) is 3.07. The fourth-order valence-corrected chi connectivity index (χ4v) is 3.30. The molecule has 1 heterocycles. The second-order valence-electron chi connectivity index (χ2n) is 7.01. The van der Waals surface area contributed by atoms with Gasteiger partial charge in [0.1, 0.15) is 11.7 Å². The maximum Gasteiger partial charge on any atom is 0.252 e. The van der Waals surface area contributed by atoms with Crippen LogP contribution in [-0.2, 0) is 9.63 Å². The lowest BCUT2D eigenvalue weighted by molar-refractivity contribution is -0.149. The molecule has 134 valence electrons. The molecule has 5 heteroatoms. The SMILES string of the molecule is O=C(NC[C@H]1CC(c2ccc(-c3ccccc3)cc2)=NO1)C1(O)CCC1. The second kappa shape index (κ2) is 6.92. The Morgan fingerprint density at radius 3 is 2.38 bits per heavy atom. The van der Waals surface area contributed by atoms with Crippen LogP contribution >= 0.6 is 0 Å². The summed E-state index contributed by atoms with van der Waals surface area (Å²) >= 11 is 0. The van der Waals surface area contributed by atoms with E-state index >= 15 is 0 Å². The zero-order valence-electron chi connectivity index (χ0n) is 14.5. The van der Waals surface area contributed by atoms with Gasteiger partial charge in [0.15, 0.2) is 0 Å². The number of hydrogen-bond acceptors (Lipinski definition) is 4. The Kier molecular flexibility index (Phi) is 4.47. The number of nitrogens with zero attached hydrogens (tertiary/aromatic N) is 1. The standard InChI is InChI=1S/C21H22N2O3/c24-20(21(25)11-4-12-21)22-14-18-13-19(23-26-18)17-9-7-16(8-10-17)15-5-2-1-3-6-15/h1-3,5-10,18,25H,4,11-14H2,(H,22,24)/t18-/m1/s1. The Morgan fingerprint density at radius 1 is 1.08 bits per heavy atom. The highest BCUT2D eigenvalue weighted by Gasteiger charge is 2.42. The first-order valence-electron chi connectivity index (χ1n) is 9.03. The van der Waals surface area contributed by atoms with Gasteiger partial charge in [0.05, 0.1) is 12.3 Å². The van der Waals surface area contributed by atoms with Crippen molar-refractivity contribution in [2.45, 2.75) is 37.4 Å². The third kappa shape index (κ3) is 3.35. The lowest BCUT2D eigenvalue weighted by Crippen LogP contribution is -2.52. The van der Waals surface area contributed by atoms with E-state index in [1.54, 1.807) is 0 Å². The predicted octanol–water partition coefficient (Wildman–Crippen LogP) is 2.88. The molecule has 1 aliphatic carbocycles. The van der Waals surface area contributed by atoms with E-state index in [-0.39, 0.29) is 12.0 Å². The van der Waals surface area contributed by atoms with Crippen molar-refractivity contribution in [1.82, 2.24) is 5.32 Å². The zero-order valence-corrected chi connectivity index (χ0v) is 14.5. The van der Waals surface area contributed by atoms with Crippen molar-refractivity contribution in [3.63, 3.8) is 0 Å². The molecule has 4 rings (SSSR count). The summed E-state index contributed by atoms with van der Waals surface area (Å²) in [4.78, 5) is 17.4. The lowest BCUT2D eigenvalue weighted by Gasteiger charge is -2.34. The van der Waals surface area contributed by atoms with Crippen LogP contribution in [0.15, 0.2) is 59.8 Å². The fraction of sp³-hybridized carbons (Fsp3) is 0.333. The van der Waals surface area contributed by atoms with E-state index in [9.17, 15) is 9.90 Å². The summed E-state index contributed by atoms with van der Waals surface area (Å²) < 4.78 is 0. The maximum atomic E-state index is 12.0. The lowest BCUT2D eigenvalue weighted by atomic mass is 9.79. The Bertz CT molecular complexity index is 811. The molecule has 1 fully saturated rings. The molecule has 26 heavy (non-hydrogen) atoms. The molecule has 0 saturated heterocycles. The molecule has 1 atom stereocenters. The number of benzene rings is 2. The average molecular weight is 350 g/mol. The summed E-state index contributed by atoms with van der Waals surface area (Å²) in [6.07, 6.45) is 2.44. The van der Waals surface area contributed by atoms with Crippen LogP contribution in [0.5, 0.6) is 0 Å².